The lowest BCUT2D eigenvalue weighted by molar-refractivity contribution is 0.293. The number of allylic oxidation sites excluding steroid dienone is 3. The minimum absolute atomic E-state index is 0.777. The van der Waals surface area contributed by atoms with Gasteiger partial charge in [0.2, 0.25) is 0 Å². The molecule has 25 heavy (non-hydrogen) atoms. The Kier molecular flexibility index (Phi) is 18.3. The summed E-state index contributed by atoms with van der Waals surface area (Å²) in [6.45, 7) is 9.11. The first-order valence-electron chi connectivity index (χ1n) is 8.84. The van der Waals surface area contributed by atoms with Crippen molar-refractivity contribution < 1.29 is 9.47 Å². The molecule has 0 saturated heterocycles. The van der Waals surface area contributed by atoms with Gasteiger partial charge in [0.25, 0.3) is 0 Å². The van der Waals surface area contributed by atoms with E-state index < -0.39 is 0 Å². The molecule has 1 aromatic rings. The molecule has 1 saturated carbocycles. The van der Waals surface area contributed by atoms with Crippen LogP contribution in [0, 0.1) is 12.8 Å². The fourth-order valence-electron chi connectivity index (χ4n) is 2.45. The summed E-state index contributed by atoms with van der Waals surface area (Å²) in [5.74, 6) is 2.74. The lowest BCUT2D eigenvalue weighted by Crippen LogP contribution is -2.04. The number of methoxy groups -OCH3 is 2. The van der Waals surface area contributed by atoms with Gasteiger partial charge in [-0.25, -0.2) is 0 Å². The van der Waals surface area contributed by atoms with Crippen LogP contribution in [-0.2, 0) is 4.74 Å². The molecular weight excluding hydrogens is 308 g/mol. The maximum Gasteiger partial charge on any atom is 0.119 e. The highest BCUT2D eigenvalue weighted by molar-refractivity contribution is 5.30. The Morgan fingerprint density at radius 3 is 2.08 bits per heavy atom. The Morgan fingerprint density at radius 1 is 1.12 bits per heavy atom. The lowest BCUT2D eigenvalue weighted by Gasteiger charge is -2.22. The molecule has 0 bridgehead atoms. The number of benzene rings is 1. The van der Waals surface area contributed by atoms with Gasteiger partial charge in [-0.05, 0) is 57.2 Å². The van der Waals surface area contributed by atoms with E-state index in [1.807, 2.05) is 32.9 Å². The molecular formula is C23H36O2. The van der Waals surface area contributed by atoms with Crippen molar-refractivity contribution in [2.24, 2.45) is 0 Å². The van der Waals surface area contributed by atoms with Crippen LogP contribution in [0.1, 0.15) is 64.4 Å². The molecule has 0 N–H and O–H groups in total. The summed E-state index contributed by atoms with van der Waals surface area (Å²) in [7, 11) is 3.40. The van der Waals surface area contributed by atoms with Crippen LogP contribution in [-0.4, -0.2) is 14.2 Å². The number of rotatable bonds is 3. The Bertz CT molecular complexity index is 480. The fourth-order valence-corrected chi connectivity index (χ4v) is 2.45. The Labute approximate surface area is 155 Å². The topological polar surface area (TPSA) is 18.5 Å². The van der Waals surface area contributed by atoms with Gasteiger partial charge in [0.1, 0.15) is 5.75 Å². The average Bonchev–Trinajstić information content (AvgIpc) is 2.70. The summed E-state index contributed by atoms with van der Waals surface area (Å²) in [6, 6.07) is 8.55. The largest absolute Gasteiger partial charge is 0.502 e. The summed E-state index contributed by atoms with van der Waals surface area (Å²) in [6.07, 6.45) is 18.6. The first-order chi connectivity index (χ1) is 12.1. The van der Waals surface area contributed by atoms with Crippen molar-refractivity contribution >= 4 is 0 Å². The number of hydrogen-bond acceptors (Lipinski definition) is 2. The summed E-state index contributed by atoms with van der Waals surface area (Å²) < 4.78 is 10.0. The quantitative estimate of drug-likeness (QED) is 0.343. The first-order valence-corrected chi connectivity index (χ1v) is 8.84. The van der Waals surface area contributed by atoms with Crippen LogP contribution in [0.2, 0.25) is 0 Å². The van der Waals surface area contributed by atoms with Crippen LogP contribution < -0.4 is 4.74 Å². The van der Waals surface area contributed by atoms with Crippen LogP contribution in [0.15, 0.2) is 48.8 Å². The van der Waals surface area contributed by atoms with Crippen molar-refractivity contribution in [3.05, 3.63) is 54.3 Å². The van der Waals surface area contributed by atoms with Crippen LogP contribution >= 0.6 is 0 Å². The normalized spacial score (nSPS) is 13.5. The van der Waals surface area contributed by atoms with Crippen molar-refractivity contribution in [1.29, 1.82) is 0 Å². The van der Waals surface area contributed by atoms with E-state index >= 15 is 0 Å². The summed E-state index contributed by atoms with van der Waals surface area (Å²) >= 11 is 0. The second-order valence-electron chi connectivity index (χ2n) is 5.62. The molecule has 1 fully saturated rings. The highest BCUT2D eigenvalue weighted by Gasteiger charge is 2.15. The van der Waals surface area contributed by atoms with E-state index in [-0.39, 0.29) is 0 Å². The Hall–Kier alpha value is -2.14. The number of terminal acetylenes is 1. The fraction of sp³-hybridized carbons (Fsp3) is 0.478. The molecule has 2 heteroatoms. The van der Waals surface area contributed by atoms with Gasteiger partial charge in [0, 0.05) is 0 Å². The zero-order valence-electron chi connectivity index (χ0n) is 16.8. The second kappa shape index (κ2) is 18.2. The molecule has 2 nitrogen and oxygen atoms in total. The third kappa shape index (κ3) is 12.9. The molecule has 0 unspecified atom stereocenters. The molecule has 1 aliphatic carbocycles. The van der Waals surface area contributed by atoms with Crippen molar-refractivity contribution in [3.8, 4) is 18.6 Å². The van der Waals surface area contributed by atoms with E-state index in [2.05, 4.69) is 37.6 Å². The summed E-state index contributed by atoms with van der Waals surface area (Å²) in [4.78, 5) is 0. The van der Waals surface area contributed by atoms with Gasteiger partial charge < -0.3 is 9.47 Å². The van der Waals surface area contributed by atoms with Gasteiger partial charge in [-0.3, -0.25) is 0 Å². The van der Waals surface area contributed by atoms with E-state index in [1.165, 1.54) is 37.7 Å². The maximum absolute atomic E-state index is 5.25. The van der Waals surface area contributed by atoms with Crippen molar-refractivity contribution in [2.75, 3.05) is 14.2 Å². The van der Waals surface area contributed by atoms with Gasteiger partial charge in [-0.15, -0.1) is 19.4 Å². The Morgan fingerprint density at radius 2 is 1.68 bits per heavy atom. The molecule has 0 atom stereocenters. The second-order valence-corrected chi connectivity index (χ2v) is 5.62. The molecule has 0 amide bonds. The molecule has 1 aromatic carbocycles. The lowest BCUT2D eigenvalue weighted by atomic mass is 9.84. The van der Waals surface area contributed by atoms with E-state index in [0.717, 1.165) is 17.4 Å². The third-order valence-corrected chi connectivity index (χ3v) is 3.90. The zero-order chi connectivity index (χ0) is 19.5. The van der Waals surface area contributed by atoms with Crippen LogP contribution in [0.4, 0.5) is 0 Å². The van der Waals surface area contributed by atoms with Crippen LogP contribution in [0.3, 0.4) is 0 Å². The highest BCUT2D eigenvalue weighted by Crippen LogP contribution is 2.33. The van der Waals surface area contributed by atoms with Crippen LogP contribution in [0.5, 0.6) is 5.75 Å². The van der Waals surface area contributed by atoms with E-state index in [4.69, 9.17) is 9.47 Å². The molecule has 0 radical (unpaired) electrons. The number of hydrogen-bond donors (Lipinski definition) is 0. The van der Waals surface area contributed by atoms with Gasteiger partial charge in [-0.2, -0.15) is 0 Å². The standard InChI is InChI=1S/C13H18O.C5H10O.C3H6.C2H2/c1-14-13-9-5-8-12(10-13)11-6-3-2-4-7-11;1-4-5(2)6-3;1-3-2;1-2/h5,8-11H,2-4,6-7H2,1H3;4H,1-3H3;3H,1H2,2H3;1-2H/b;5-4+;;. The van der Waals surface area contributed by atoms with Crippen molar-refractivity contribution in [3.63, 3.8) is 0 Å². The maximum atomic E-state index is 5.25. The molecule has 0 aromatic heterocycles. The number of ether oxygens (including phenoxy) is 2. The van der Waals surface area contributed by atoms with Crippen molar-refractivity contribution in [2.45, 2.75) is 58.8 Å². The van der Waals surface area contributed by atoms with Crippen LogP contribution in [0.25, 0.3) is 0 Å². The van der Waals surface area contributed by atoms with E-state index in [1.54, 1.807) is 20.3 Å². The van der Waals surface area contributed by atoms with Gasteiger partial charge >= 0.3 is 0 Å². The zero-order valence-corrected chi connectivity index (χ0v) is 16.8. The summed E-state index contributed by atoms with van der Waals surface area (Å²) in [5, 5.41) is 0. The molecule has 0 aliphatic heterocycles. The first kappa shape index (κ1) is 25.1. The average molecular weight is 345 g/mol. The van der Waals surface area contributed by atoms with Gasteiger partial charge in [0.15, 0.2) is 0 Å². The van der Waals surface area contributed by atoms with E-state index in [0.29, 0.717) is 0 Å². The smallest absolute Gasteiger partial charge is 0.119 e. The molecule has 1 aliphatic rings. The predicted molar refractivity (Wildman–Crippen MR) is 111 cm³/mol. The monoisotopic (exact) mass is 344 g/mol. The van der Waals surface area contributed by atoms with Gasteiger partial charge in [-0.1, -0.05) is 43.5 Å². The SMILES string of the molecule is C#C.C/C=C(\C)OC.C=CC.COc1cccc(C2CCCCC2)c1. The highest BCUT2D eigenvalue weighted by atomic mass is 16.5. The molecule has 0 heterocycles. The minimum atomic E-state index is 0.777. The Balaban J connectivity index is 0. The summed E-state index contributed by atoms with van der Waals surface area (Å²) in [5.41, 5.74) is 1.46. The third-order valence-electron chi connectivity index (χ3n) is 3.90. The molecule has 140 valence electrons. The minimum Gasteiger partial charge on any atom is -0.502 e. The van der Waals surface area contributed by atoms with E-state index in [9.17, 15) is 0 Å². The van der Waals surface area contributed by atoms with Crippen molar-refractivity contribution in [1.82, 2.24) is 0 Å². The van der Waals surface area contributed by atoms with Gasteiger partial charge in [0.05, 0.1) is 20.0 Å². The molecule has 2 rings (SSSR count). The molecule has 0 spiro atoms. The predicted octanol–water partition coefficient (Wildman–Crippen LogP) is 6.74.